The maximum absolute atomic E-state index is 12.7. The van der Waals surface area contributed by atoms with Crippen molar-refractivity contribution in [1.29, 1.82) is 0 Å². The number of nitrogens with zero attached hydrogens (tertiary/aromatic N) is 2. The van der Waals surface area contributed by atoms with E-state index in [1.807, 2.05) is 5.38 Å². The number of nitrogens with one attached hydrogen (secondary N) is 2. The molecule has 0 aromatic carbocycles. The molecule has 3 heterocycles. The topological polar surface area (TPSA) is 127 Å². The first-order valence-electron chi connectivity index (χ1n) is 9.97. The van der Waals surface area contributed by atoms with E-state index in [1.54, 1.807) is 19.1 Å². The van der Waals surface area contributed by atoms with Gasteiger partial charge in [-0.3, -0.25) is 24.2 Å². The highest BCUT2D eigenvalue weighted by Crippen LogP contribution is 2.31. The molecule has 0 radical (unpaired) electrons. The van der Waals surface area contributed by atoms with Crippen molar-refractivity contribution in [2.24, 2.45) is 4.99 Å². The van der Waals surface area contributed by atoms with Crippen molar-refractivity contribution in [3.8, 4) is 0 Å². The van der Waals surface area contributed by atoms with Gasteiger partial charge in [-0.1, -0.05) is 17.8 Å². The highest BCUT2D eigenvalue weighted by atomic mass is 32.2. The average molecular weight is 497 g/mol. The molecule has 2 amide bonds. The monoisotopic (exact) mass is 496 g/mol. The Labute approximate surface area is 198 Å². The first-order chi connectivity index (χ1) is 15.2. The van der Waals surface area contributed by atoms with Crippen LogP contribution in [-0.2, 0) is 30.5 Å². The second kappa shape index (κ2) is 11.1. The fraction of sp³-hybridized carbons (Fsp3) is 0.500. The van der Waals surface area contributed by atoms with E-state index in [-0.39, 0.29) is 36.4 Å². The molecule has 0 spiro atoms. The molecule has 0 fully saturated rings. The number of thioether (sulfide) groups is 2. The molecule has 3 rings (SSSR count). The number of fused-ring (bicyclic) bond motifs is 4. The molecule has 172 valence electrons. The van der Waals surface area contributed by atoms with Crippen molar-refractivity contribution in [2.75, 3.05) is 18.1 Å². The summed E-state index contributed by atoms with van der Waals surface area (Å²) in [4.78, 5) is 57.5. The van der Waals surface area contributed by atoms with Crippen molar-refractivity contribution in [1.82, 2.24) is 15.6 Å². The summed E-state index contributed by atoms with van der Waals surface area (Å²) >= 11 is 4.04. The van der Waals surface area contributed by atoms with Gasteiger partial charge in [-0.2, -0.15) is 0 Å². The van der Waals surface area contributed by atoms with Crippen LogP contribution in [0.3, 0.4) is 0 Å². The SMILES string of the molecule is CC(=O)SCC/C=C/[C@@H]1CC(=O)NCc2nc(cs2)C2=N[C@@](C)(CS2)C(=O)NCC(=O)O1. The van der Waals surface area contributed by atoms with E-state index in [4.69, 9.17) is 4.74 Å². The van der Waals surface area contributed by atoms with E-state index >= 15 is 0 Å². The fourth-order valence-corrected chi connectivity index (χ4v) is 5.35. The lowest BCUT2D eigenvalue weighted by molar-refractivity contribution is -0.148. The summed E-state index contributed by atoms with van der Waals surface area (Å²) in [6.07, 6.45) is 3.15. The summed E-state index contributed by atoms with van der Waals surface area (Å²) in [7, 11) is 0. The van der Waals surface area contributed by atoms with E-state index in [2.05, 4.69) is 20.6 Å². The number of carbonyl (C=O) groups is 4. The van der Waals surface area contributed by atoms with Gasteiger partial charge in [0.15, 0.2) is 5.12 Å². The fourth-order valence-electron chi connectivity index (χ4n) is 2.89. The predicted molar refractivity (Wildman–Crippen MR) is 126 cm³/mol. The first-order valence-corrected chi connectivity index (χ1v) is 12.8. The Balaban J connectivity index is 1.73. The number of aliphatic imine (C=N–C) groups is 1. The molecule has 2 aliphatic heterocycles. The lowest BCUT2D eigenvalue weighted by atomic mass is 10.1. The minimum absolute atomic E-state index is 0.0285. The Kier molecular flexibility index (Phi) is 8.49. The van der Waals surface area contributed by atoms with Crippen molar-refractivity contribution < 1.29 is 23.9 Å². The number of esters is 1. The highest BCUT2D eigenvalue weighted by Gasteiger charge is 2.39. The second-order valence-corrected chi connectivity index (χ2v) is 10.5. The normalized spacial score (nSPS) is 24.6. The van der Waals surface area contributed by atoms with E-state index in [1.165, 1.54) is 41.8 Å². The van der Waals surface area contributed by atoms with Crippen molar-refractivity contribution in [3.63, 3.8) is 0 Å². The minimum Gasteiger partial charge on any atom is -0.456 e. The van der Waals surface area contributed by atoms with Crippen molar-refractivity contribution in [3.05, 3.63) is 28.2 Å². The van der Waals surface area contributed by atoms with Gasteiger partial charge in [-0.25, -0.2) is 4.98 Å². The van der Waals surface area contributed by atoms with E-state index in [0.29, 0.717) is 33.7 Å². The lowest BCUT2D eigenvalue weighted by Crippen LogP contribution is -2.46. The Morgan fingerprint density at radius 1 is 1.34 bits per heavy atom. The molecule has 1 aromatic rings. The Bertz CT molecular complexity index is 961. The van der Waals surface area contributed by atoms with Gasteiger partial charge in [-0.15, -0.1) is 23.1 Å². The molecule has 1 aromatic heterocycles. The van der Waals surface area contributed by atoms with Crippen LogP contribution in [0.1, 0.15) is 37.4 Å². The lowest BCUT2D eigenvalue weighted by Gasteiger charge is -2.19. The third-order valence-corrected chi connectivity index (χ3v) is 7.51. The van der Waals surface area contributed by atoms with Crippen molar-refractivity contribution in [2.45, 2.75) is 44.9 Å². The molecule has 2 aliphatic rings. The Hall–Kier alpha value is -2.18. The van der Waals surface area contributed by atoms with Crippen LogP contribution in [0.15, 0.2) is 22.5 Å². The Morgan fingerprint density at radius 2 is 2.16 bits per heavy atom. The highest BCUT2D eigenvalue weighted by molar-refractivity contribution is 8.14. The number of thiazole rings is 1. The third-order valence-electron chi connectivity index (χ3n) is 4.54. The molecule has 12 heteroatoms. The molecule has 2 N–H and O–H groups in total. The first kappa shape index (κ1) is 24.5. The van der Waals surface area contributed by atoms with Crippen molar-refractivity contribution >= 4 is 62.8 Å². The smallest absolute Gasteiger partial charge is 0.326 e. The molecular weight excluding hydrogens is 472 g/mol. The maximum Gasteiger partial charge on any atom is 0.326 e. The molecular formula is C20H24N4O5S3. The summed E-state index contributed by atoms with van der Waals surface area (Å²) < 4.78 is 5.41. The van der Waals surface area contributed by atoms with Gasteiger partial charge in [0.2, 0.25) is 11.8 Å². The number of carbonyl (C=O) groups excluding carboxylic acids is 4. The third kappa shape index (κ3) is 6.91. The summed E-state index contributed by atoms with van der Waals surface area (Å²) in [6, 6.07) is 0. The molecule has 0 saturated heterocycles. The van der Waals surface area contributed by atoms with Gasteiger partial charge in [-0.05, 0) is 19.4 Å². The van der Waals surface area contributed by atoms with E-state index in [0.717, 1.165) is 0 Å². The molecule has 0 aliphatic carbocycles. The van der Waals surface area contributed by atoms with Crippen LogP contribution in [-0.4, -0.2) is 62.6 Å². The van der Waals surface area contributed by atoms with Crippen LogP contribution in [0.2, 0.25) is 0 Å². The minimum atomic E-state index is -0.997. The number of hydrogen-bond donors (Lipinski definition) is 2. The number of cyclic esters (lactones) is 1. The zero-order valence-corrected chi connectivity index (χ0v) is 20.2. The number of rotatable bonds is 4. The summed E-state index contributed by atoms with van der Waals surface area (Å²) in [5.41, 5.74) is -0.320. The van der Waals surface area contributed by atoms with Crippen LogP contribution in [0.5, 0.6) is 0 Å². The van der Waals surface area contributed by atoms with Gasteiger partial charge in [0.1, 0.15) is 33.9 Å². The largest absolute Gasteiger partial charge is 0.456 e. The van der Waals surface area contributed by atoms with Gasteiger partial charge in [0.05, 0.1) is 13.0 Å². The summed E-state index contributed by atoms with van der Waals surface area (Å²) in [5.74, 6) is -0.271. The standard InChI is InChI=1S/C20H24N4O5S3/c1-12(25)30-6-4-3-5-13-7-15(26)21-8-16-23-14(10-31-16)18-24-20(2,11-32-18)19(28)22-9-17(27)29-13/h3,5,10,13H,4,6-9,11H2,1-2H3,(H,21,26)(H,22,28)/b5-3+/t13-,20+/m1/s1. The van der Waals surface area contributed by atoms with Crippen LogP contribution >= 0.6 is 34.9 Å². The Morgan fingerprint density at radius 3 is 2.94 bits per heavy atom. The van der Waals surface area contributed by atoms with Crippen LogP contribution < -0.4 is 10.6 Å². The summed E-state index contributed by atoms with van der Waals surface area (Å²) in [6.45, 7) is 3.14. The molecule has 0 unspecified atom stereocenters. The number of ether oxygens (including phenoxy) is 1. The van der Waals surface area contributed by atoms with Gasteiger partial charge >= 0.3 is 5.97 Å². The molecule has 0 saturated carbocycles. The second-order valence-electron chi connectivity index (χ2n) is 7.35. The van der Waals surface area contributed by atoms with Crippen LogP contribution in [0.4, 0.5) is 0 Å². The van der Waals surface area contributed by atoms with Gasteiger partial charge in [0.25, 0.3) is 0 Å². The predicted octanol–water partition coefficient (Wildman–Crippen LogP) is 1.67. The number of amides is 2. The zero-order valence-electron chi connectivity index (χ0n) is 17.7. The molecule has 32 heavy (non-hydrogen) atoms. The van der Waals surface area contributed by atoms with E-state index < -0.39 is 17.6 Å². The quantitative estimate of drug-likeness (QED) is 0.366. The molecule has 2 atom stereocenters. The summed E-state index contributed by atoms with van der Waals surface area (Å²) in [5, 5.41) is 8.65. The van der Waals surface area contributed by atoms with Gasteiger partial charge < -0.3 is 15.4 Å². The molecule has 9 nitrogen and oxygen atoms in total. The number of hydrogen-bond acceptors (Lipinski definition) is 10. The molecule has 4 bridgehead atoms. The van der Waals surface area contributed by atoms with Crippen LogP contribution in [0, 0.1) is 0 Å². The maximum atomic E-state index is 12.7. The van der Waals surface area contributed by atoms with Crippen LogP contribution in [0.25, 0.3) is 0 Å². The number of allylic oxidation sites excluding steroid dienone is 1. The van der Waals surface area contributed by atoms with E-state index in [9.17, 15) is 19.2 Å². The average Bonchev–Trinajstić information content (AvgIpc) is 3.36. The van der Waals surface area contributed by atoms with Gasteiger partial charge in [0, 0.05) is 23.8 Å². The zero-order chi connectivity index (χ0) is 23.1. The number of aromatic nitrogens is 1.